The third-order valence-electron chi connectivity index (χ3n) is 4.52. The van der Waals surface area contributed by atoms with E-state index in [0.717, 1.165) is 48.7 Å². The Bertz CT molecular complexity index is 577. The monoisotopic (exact) mass is 390 g/mol. The van der Waals surface area contributed by atoms with Crippen LogP contribution < -0.4 is 9.47 Å². The summed E-state index contributed by atoms with van der Waals surface area (Å²) in [6, 6.07) is 4.11. The Kier molecular flexibility index (Phi) is 12.9. The molecule has 0 aliphatic rings. The Balaban J connectivity index is 2.18. The van der Waals surface area contributed by atoms with Gasteiger partial charge < -0.3 is 19.2 Å². The Hall–Kier alpha value is -2.01. The highest BCUT2D eigenvalue weighted by molar-refractivity contribution is 5.58. The number of oxime groups is 1. The average molecular weight is 391 g/mol. The first-order valence-corrected chi connectivity index (χ1v) is 10.3. The number of nitrogens with zero attached hydrogens (tertiary/aromatic N) is 2. The van der Waals surface area contributed by atoms with Gasteiger partial charge in [0.15, 0.2) is 0 Å². The van der Waals surface area contributed by atoms with Crippen molar-refractivity contribution >= 4 is 6.21 Å². The summed E-state index contributed by atoms with van der Waals surface area (Å²) in [6.07, 6.45) is 11.8. The topological polar surface area (TPSA) is 43.3 Å². The highest BCUT2D eigenvalue weighted by Gasteiger charge is 2.07. The molecule has 1 aromatic carbocycles. The van der Waals surface area contributed by atoms with Gasteiger partial charge in [-0.1, -0.05) is 36.6 Å². The average Bonchev–Trinajstić information content (AvgIpc) is 2.66. The van der Waals surface area contributed by atoms with E-state index in [1.807, 2.05) is 19.1 Å². The van der Waals surface area contributed by atoms with Gasteiger partial charge in [0.05, 0.1) is 12.8 Å². The minimum Gasteiger partial charge on any atom is -0.493 e. The summed E-state index contributed by atoms with van der Waals surface area (Å²) in [5.41, 5.74) is 2.27. The van der Waals surface area contributed by atoms with Crippen LogP contribution in [0.25, 0.3) is 0 Å². The van der Waals surface area contributed by atoms with Crippen molar-refractivity contribution in [1.29, 1.82) is 0 Å². The van der Waals surface area contributed by atoms with Gasteiger partial charge in [-0.25, -0.2) is 0 Å². The maximum Gasteiger partial charge on any atom is 0.125 e. The number of hydrogen-bond donors (Lipinski definition) is 0. The second kappa shape index (κ2) is 15.0. The molecular formula is C23H38N2O3. The lowest BCUT2D eigenvalue weighted by Gasteiger charge is -2.15. The number of aryl methyl sites for hydroxylation is 2. The number of hydrogen-bond acceptors (Lipinski definition) is 5. The number of unbranched alkanes of at least 4 members (excludes halogenated alkanes) is 4. The molecule has 0 saturated carbocycles. The van der Waals surface area contributed by atoms with Crippen molar-refractivity contribution in [3.05, 3.63) is 35.4 Å². The zero-order valence-electron chi connectivity index (χ0n) is 18.4. The van der Waals surface area contributed by atoms with Gasteiger partial charge in [0.1, 0.15) is 25.2 Å². The van der Waals surface area contributed by atoms with Gasteiger partial charge in [0.2, 0.25) is 0 Å². The van der Waals surface area contributed by atoms with Crippen molar-refractivity contribution in [3.8, 4) is 11.5 Å². The van der Waals surface area contributed by atoms with Gasteiger partial charge in [-0.05, 0) is 70.5 Å². The van der Waals surface area contributed by atoms with E-state index in [1.165, 1.54) is 25.7 Å². The van der Waals surface area contributed by atoms with Gasteiger partial charge in [-0.2, -0.15) is 0 Å². The van der Waals surface area contributed by atoms with E-state index in [0.29, 0.717) is 6.61 Å². The Morgan fingerprint density at radius 3 is 2.36 bits per heavy atom. The van der Waals surface area contributed by atoms with Crippen molar-refractivity contribution in [2.75, 3.05) is 40.5 Å². The van der Waals surface area contributed by atoms with Crippen LogP contribution in [0.5, 0.6) is 11.5 Å². The summed E-state index contributed by atoms with van der Waals surface area (Å²) in [4.78, 5) is 6.92. The minimum absolute atomic E-state index is 0.603. The van der Waals surface area contributed by atoms with Crippen molar-refractivity contribution in [1.82, 2.24) is 4.90 Å². The van der Waals surface area contributed by atoms with E-state index < -0.39 is 0 Å². The zero-order chi connectivity index (χ0) is 20.6. The predicted molar refractivity (Wildman–Crippen MR) is 118 cm³/mol. The third-order valence-corrected chi connectivity index (χ3v) is 4.52. The molecule has 0 heterocycles. The first-order chi connectivity index (χ1) is 13.6. The zero-order valence-corrected chi connectivity index (χ0v) is 18.4. The first-order valence-electron chi connectivity index (χ1n) is 10.3. The van der Waals surface area contributed by atoms with Crippen LogP contribution in [0.2, 0.25) is 0 Å². The smallest absolute Gasteiger partial charge is 0.125 e. The molecule has 0 aliphatic carbocycles. The SMILES string of the molecule is C/C=C/COc1cc(C)c(OCCCCCCCN(C)C/C=N/OC)c(C)c1. The van der Waals surface area contributed by atoms with Crippen molar-refractivity contribution < 1.29 is 14.3 Å². The molecule has 0 amide bonds. The molecule has 28 heavy (non-hydrogen) atoms. The minimum atomic E-state index is 0.603. The maximum atomic E-state index is 6.04. The fourth-order valence-corrected chi connectivity index (χ4v) is 2.99. The number of ether oxygens (including phenoxy) is 2. The molecule has 1 aromatic rings. The highest BCUT2D eigenvalue weighted by Crippen LogP contribution is 2.28. The van der Waals surface area contributed by atoms with Crippen LogP contribution in [-0.4, -0.2) is 51.6 Å². The fraction of sp³-hybridized carbons (Fsp3) is 0.609. The van der Waals surface area contributed by atoms with Gasteiger partial charge in [0, 0.05) is 6.54 Å². The number of rotatable bonds is 15. The van der Waals surface area contributed by atoms with Crippen LogP contribution in [0.15, 0.2) is 29.4 Å². The second-order valence-electron chi connectivity index (χ2n) is 7.12. The van der Waals surface area contributed by atoms with Gasteiger partial charge >= 0.3 is 0 Å². The van der Waals surface area contributed by atoms with Crippen molar-refractivity contribution in [2.45, 2.75) is 52.9 Å². The summed E-state index contributed by atoms with van der Waals surface area (Å²) in [5.74, 6) is 1.90. The number of allylic oxidation sites excluding steroid dienone is 1. The molecule has 0 aliphatic heterocycles. The molecule has 158 valence electrons. The summed E-state index contributed by atoms with van der Waals surface area (Å²) < 4.78 is 11.8. The molecule has 0 fully saturated rings. The molecule has 0 aromatic heterocycles. The van der Waals surface area contributed by atoms with Crippen LogP contribution in [0.1, 0.15) is 50.2 Å². The van der Waals surface area contributed by atoms with E-state index in [-0.39, 0.29) is 0 Å². The molecule has 5 heteroatoms. The lowest BCUT2D eigenvalue weighted by molar-refractivity contribution is 0.213. The fourth-order valence-electron chi connectivity index (χ4n) is 2.99. The molecule has 0 unspecified atom stereocenters. The maximum absolute atomic E-state index is 6.04. The first kappa shape index (κ1) is 24.0. The normalized spacial score (nSPS) is 11.6. The summed E-state index contributed by atoms with van der Waals surface area (Å²) >= 11 is 0. The predicted octanol–water partition coefficient (Wildman–Crippen LogP) is 5.15. The van der Waals surface area contributed by atoms with Crippen LogP contribution >= 0.6 is 0 Å². The molecule has 0 spiro atoms. The van der Waals surface area contributed by atoms with E-state index in [9.17, 15) is 0 Å². The lowest BCUT2D eigenvalue weighted by atomic mass is 10.1. The summed E-state index contributed by atoms with van der Waals surface area (Å²) in [7, 11) is 3.68. The van der Waals surface area contributed by atoms with Gasteiger partial charge in [0.25, 0.3) is 0 Å². The van der Waals surface area contributed by atoms with Crippen LogP contribution in [-0.2, 0) is 4.84 Å². The molecule has 5 nitrogen and oxygen atoms in total. The largest absolute Gasteiger partial charge is 0.493 e. The Labute approximate surface area is 171 Å². The number of benzene rings is 1. The molecule has 1 rings (SSSR count). The molecule has 0 N–H and O–H groups in total. The van der Waals surface area contributed by atoms with Crippen LogP contribution in [0.4, 0.5) is 0 Å². The second-order valence-corrected chi connectivity index (χ2v) is 7.12. The summed E-state index contributed by atoms with van der Waals surface area (Å²) in [5, 5.41) is 3.76. The van der Waals surface area contributed by atoms with Crippen LogP contribution in [0.3, 0.4) is 0 Å². The van der Waals surface area contributed by atoms with Gasteiger partial charge in [-0.15, -0.1) is 0 Å². The highest BCUT2D eigenvalue weighted by atomic mass is 16.6. The molecule has 0 radical (unpaired) electrons. The Morgan fingerprint density at radius 1 is 1.00 bits per heavy atom. The molecule has 0 saturated heterocycles. The Morgan fingerprint density at radius 2 is 1.68 bits per heavy atom. The molecular weight excluding hydrogens is 352 g/mol. The third kappa shape index (κ3) is 10.4. The summed E-state index contributed by atoms with van der Waals surface area (Å²) in [6.45, 7) is 9.46. The molecule has 0 bridgehead atoms. The van der Waals surface area contributed by atoms with Crippen molar-refractivity contribution in [2.24, 2.45) is 5.16 Å². The van der Waals surface area contributed by atoms with E-state index in [2.05, 4.69) is 47.9 Å². The van der Waals surface area contributed by atoms with Crippen LogP contribution in [0, 0.1) is 13.8 Å². The van der Waals surface area contributed by atoms with Crippen molar-refractivity contribution in [3.63, 3.8) is 0 Å². The van der Waals surface area contributed by atoms with E-state index in [1.54, 1.807) is 13.3 Å². The van der Waals surface area contributed by atoms with E-state index in [4.69, 9.17) is 9.47 Å². The molecule has 0 atom stereocenters. The van der Waals surface area contributed by atoms with E-state index >= 15 is 0 Å². The standard InChI is InChI=1S/C23H38N2O3/c1-6-7-16-27-22-18-20(2)23(21(3)19-22)28-17-12-10-8-9-11-14-25(4)15-13-24-26-5/h6-7,13,18-19H,8-12,14-17H2,1-5H3/b7-6+,24-13+. The lowest BCUT2D eigenvalue weighted by Crippen LogP contribution is -2.21. The quantitative estimate of drug-likeness (QED) is 0.180. The van der Waals surface area contributed by atoms with Gasteiger partial charge in [-0.3, -0.25) is 0 Å².